The predicted octanol–water partition coefficient (Wildman–Crippen LogP) is -6.00. The molecule has 0 spiro atoms. The number of rotatable bonds is 12. The monoisotopic (exact) mass is 340 g/mol. The van der Waals surface area contributed by atoms with E-state index in [1.54, 1.807) is 0 Å². The number of hydrogen-bond acceptors (Lipinski definition) is 15. The number of hydrogen-bond donors (Lipinski definition) is 9. The third-order valence-corrected chi connectivity index (χ3v) is 1.41. The highest BCUT2D eigenvalue weighted by Gasteiger charge is 2.23. The van der Waals surface area contributed by atoms with Gasteiger partial charge in [0.25, 0.3) is 45.3 Å². The summed E-state index contributed by atoms with van der Waals surface area (Å²) in [7, 11) is 0. The van der Waals surface area contributed by atoms with E-state index < -0.39 is 45.3 Å². The molecule has 9 N–H and O–H groups in total. The topological polar surface area (TPSA) is 237 Å². The molecule has 0 bridgehead atoms. The van der Waals surface area contributed by atoms with Gasteiger partial charge in [0.05, 0.1) is 0 Å². The minimum atomic E-state index is -2.44. The van der Waals surface area contributed by atoms with E-state index in [0.29, 0.717) is 0 Å². The summed E-state index contributed by atoms with van der Waals surface area (Å²) in [6.45, 7) is -16.9. The quantitative estimate of drug-likeness (QED) is 0.150. The Morgan fingerprint density at radius 1 is 0.318 bits per heavy atom. The molecule has 0 amide bonds. The van der Waals surface area contributed by atoms with Gasteiger partial charge < -0.3 is 46.0 Å². The lowest BCUT2D eigenvalue weighted by molar-refractivity contribution is -0.485. The van der Waals surface area contributed by atoms with Crippen molar-refractivity contribution in [1.29, 1.82) is 0 Å². The average Bonchev–Trinajstić information content (AvgIpc) is 2.23. The minimum Gasteiger partial charge on any atom is -0.346 e. The van der Waals surface area contributed by atoms with Crippen LogP contribution in [-0.2, 0) is 28.4 Å². The molecule has 0 aromatic carbocycles. The van der Waals surface area contributed by atoms with Crippen molar-refractivity contribution in [3.63, 3.8) is 0 Å². The summed E-state index contributed by atoms with van der Waals surface area (Å²) in [5.41, 5.74) is 0. The zero-order valence-corrected chi connectivity index (χ0v) is 10.5. The molecule has 0 aliphatic heterocycles. The lowest BCUT2D eigenvalue weighted by Crippen LogP contribution is -2.36. The lowest BCUT2D eigenvalue weighted by Gasteiger charge is -2.23. The van der Waals surface area contributed by atoms with Crippen molar-refractivity contribution in [1.82, 2.24) is 0 Å². The summed E-state index contributed by atoms with van der Waals surface area (Å²) >= 11 is 0. The average molecular weight is 340 g/mol. The van der Waals surface area contributed by atoms with Crippen LogP contribution in [0.15, 0.2) is 0 Å². The summed E-state index contributed by atoms with van der Waals surface area (Å²) in [6, 6.07) is 0. The molecule has 15 heteroatoms. The molecule has 22 heavy (non-hydrogen) atoms. The Bertz CT molecular complexity index is 247. The number of aliphatic hydroxyl groups excluding tert-OH is 7. The van der Waals surface area contributed by atoms with Crippen LogP contribution in [-0.4, -0.2) is 91.3 Å². The van der Waals surface area contributed by atoms with Crippen LogP contribution in [0.3, 0.4) is 0 Å². The SMILES string of the molecule is OC(O)OC(O)OC(O)OC(O)OC(O)OC(O)OC(O)O. The van der Waals surface area contributed by atoms with Crippen LogP contribution < -0.4 is 0 Å². The first-order valence-electron chi connectivity index (χ1n) is 5.15. The van der Waals surface area contributed by atoms with Crippen molar-refractivity contribution in [2.75, 3.05) is 0 Å². The smallest absolute Gasteiger partial charge is 0.277 e. The highest BCUT2D eigenvalue weighted by Crippen LogP contribution is 2.06. The van der Waals surface area contributed by atoms with Gasteiger partial charge in [0, 0.05) is 0 Å². The first-order chi connectivity index (χ1) is 10.1. The molecule has 4 atom stereocenters. The van der Waals surface area contributed by atoms with Crippen molar-refractivity contribution < 1.29 is 74.4 Å². The van der Waals surface area contributed by atoms with Gasteiger partial charge in [0.1, 0.15) is 0 Å². The second-order valence-electron chi connectivity index (χ2n) is 3.00. The van der Waals surface area contributed by atoms with Gasteiger partial charge in [0.2, 0.25) is 0 Å². The van der Waals surface area contributed by atoms with Gasteiger partial charge >= 0.3 is 0 Å². The van der Waals surface area contributed by atoms with Gasteiger partial charge in [-0.15, -0.1) is 0 Å². The van der Waals surface area contributed by atoms with E-state index in [2.05, 4.69) is 28.4 Å². The standard InChI is InChI=1S/C7H16O15/c8-1(9)17-3(12)19-5(14)21-7(16)22-6(15)20-4(13)18-2(10)11/h1-16H. The maximum Gasteiger partial charge on any atom is 0.277 e. The van der Waals surface area contributed by atoms with E-state index in [-0.39, 0.29) is 0 Å². The molecule has 4 unspecified atom stereocenters. The molecule has 0 aromatic rings. The fourth-order valence-electron chi connectivity index (χ4n) is 0.767. The van der Waals surface area contributed by atoms with Crippen LogP contribution in [0.1, 0.15) is 0 Å². The van der Waals surface area contributed by atoms with Gasteiger partial charge in [-0.25, -0.2) is 0 Å². The van der Waals surface area contributed by atoms with Crippen LogP contribution in [0.4, 0.5) is 0 Å². The van der Waals surface area contributed by atoms with E-state index >= 15 is 0 Å². The minimum absolute atomic E-state index is 2.36. The van der Waals surface area contributed by atoms with Gasteiger partial charge in [-0.05, 0) is 0 Å². The first-order valence-corrected chi connectivity index (χ1v) is 5.15. The van der Waals surface area contributed by atoms with Crippen LogP contribution >= 0.6 is 0 Å². The molecule has 0 fully saturated rings. The Hall–Kier alpha value is -0.600. The van der Waals surface area contributed by atoms with Gasteiger partial charge in [-0.3, -0.25) is 28.4 Å². The Morgan fingerprint density at radius 2 is 0.500 bits per heavy atom. The fourth-order valence-corrected chi connectivity index (χ4v) is 0.767. The van der Waals surface area contributed by atoms with Crippen LogP contribution in [0.2, 0.25) is 0 Å². The largest absolute Gasteiger partial charge is 0.346 e. The molecule has 0 radical (unpaired) electrons. The Morgan fingerprint density at radius 3 is 0.682 bits per heavy atom. The molecule has 0 saturated heterocycles. The third kappa shape index (κ3) is 12.0. The second kappa shape index (κ2) is 11.0. The number of aliphatic hydroxyl groups is 9. The molecule has 0 heterocycles. The lowest BCUT2D eigenvalue weighted by atomic mass is 11.0. The summed E-state index contributed by atoms with van der Waals surface area (Å²) in [6.07, 6.45) is 0. The molecular formula is C7H16O15. The summed E-state index contributed by atoms with van der Waals surface area (Å²) < 4.78 is 23.6. The Labute approximate surface area is 121 Å². The van der Waals surface area contributed by atoms with Crippen LogP contribution in [0.5, 0.6) is 0 Å². The molecule has 15 nitrogen and oxygen atoms in total. The second-order valence-corrected chi connectivity index (χ2v) is 3.00. The third-order valence-electron chi connectivity index (χ3n) is 1.41. The fraction of sp³-hybridized carbons (Fsp3) is 1.00. The Balaban J connectivity index is 3.98. The molecule has 134 valence electrons. The van der Waals surface area contributed by atoms with Crippen molar-refractivity contribution in [3.05, 3.63) is 0 Å². The van der Waals surface area contributed by atoms with Gasteiger partial charge in [-0.1, -0.05) is 0 Å². The first kappa shape index (κ1) is 21.4. The summed E-state index contributed by atoms with van der Waals surface area (Å²) in [4.78, 5) is 0. The normalized spacial score (nSPS) is 19.2. The highest BCUT2D eigenvalue weighted by molar-refractivity contribution is 4.25. The van der Waals surface area contributed by atoms with Crippen LogP contribution in [0.25, 0.3) is 0 Å². The van der Waals surface area contributed by atoms with Crippen molar-refractivity contribution in [2.24, 2.45) is 0 Å². The zero-order valence-electron chi connectivity index (χ0n) is 10.5. The predicted molar refractivity (Wildman–Crippen MR) is 53.0 cm³/mol. The van der Waals surface area contributed by atoms with E-state index in [4.69, 9.17) is 46.0 Å². The highest BCUT2D eigenvalue weighted by atomic mass is 17.0. The van der Waals surface area contributed by atoms with E-state index in [0.717, 1.165) is 0 Å². The summed E-state index contributed by atoms with van der Waals surface area (Å²) in [5.74, 6) is 0. The van der Waals surface area contributed by atoms with Crippen molar-refractivity contribution >= 4 is 0 Å². The molecule has 0 aliphatic rings. The zero-order chi connectivity index (χ0) is 17.3. The molecule has 0 saturated carbocycles. The molecule has 0 rings (SSSR count). The van der Waals surface area contributed by atoms with Crippen LogP contribution in [0, 0.1) is 0 Å². The van der Waals surface area contributed by atoms with Crippen molar-refractivity contribution in [2.45, 2.75) is 45.3 Å². The van der Waals surface area contributed by atoms with Gasteiger partial charge in [0.15, 0.2) is 0 Å². The molecule has 0 aromatic heterocycles. The van der Waals surface area contributed by atoms with Crippen molar-refractivity contribution in [3.8, 4) is 0 Å². The van der Waals surface area contributed by atoms with E-state index in [1.165, 1.54) is 0 Å². The number of ether oxygens (including phenoxy) is 6. The van der Waals surface area contributed by atoms with E-state index in [1.807, 2.05) is 0 Å². The van der Waals surface area contributed by atoms with Gasteiger partial charge in [-0.2, -0.15) is 0 Å². The molecule has 0 aliphatic carbocycles. The summed E-state index contributed by atoms with van der Waals surface area (Å²) in [5, 5.41) is 77.6. The maximum atomic E-state index is 9.01. The maximum absolute atomic E-state index is 9.01. The molecular weight excluding hydrogens is 324 g/mol. The Kier molecular flexibility index (Phi) is 10.7. The van der Waals surface area contributed by atoms with E-state index in [9.17, 15) is 0 Å².